The van der Waals surface area contributed by atoms with Gasteiger partial charge in [0.15, 0.2) is 5.78 Å². The van der Waals surface area contributed by atoms with Crippen LogP contribution in [-0.2, 0) is 28.8 Å². The zero-order valence-electron chi connectivity index (χ0n) is 50.5. The van der Waals surface area contributed by atoms with Crippen molar-refractivity contribution in [2.45, 2.75) is 138 Å². The molecule has 11 aliphatic heterocycles. The summed E-state index contributed by atoms with van der Waals surface area (Å²) >= 11 is 0. The summed E-state index contributed by atoms with van der Waals surface area (Å²) in [5.41, 5.74) is 9.91. The number of hydrogen-bond donors (Lipinski definition) is 11. The van der Waals surface area contributed by atoms with Gasteiger partial charge in [-0.2, -0.15) is 0 Å². The molecule has 11 heterocycles. The fourth-order valence-electron chi connectivity index (χ4n) is 12.0. The van der Waals surface area contributed by atoms with Gasteiger partial charge >= 0.3 is 11.9 Å². The molecule has 2 bridgehead atoms. The average Bonchev–Trinajstić information content (AvgIpc) is 4.18. The third-order valence-electron chi connectivity index (χ3n) is 18.2. The zero-order chi connectivity index (χ0) is 60.2. The number of aliphatic carboxylic acids is 2. The van der Waals surface area contributed by atoms with E-state index in [-0.39, 0.29) is 53.2 Å². The lowest BCUT2D eigenvalue weighted by atomic mass is 9.77. The number of aliphatic hydroxyl groups excluding tert-OH is 2. The Morgan fingerprint density at radius 3 is 1.64 bits per heavy atom. The van der Waals surface area contributed by atoms with Crippen LogP contribution in [0.2, 0.25) is 0 Å². The normalized spacial score (nSPS) is 28.8. The molecule has 0 saturated carbocycles. The van der Waals surface area contributed by atoms with Crippen molar-refractivity contribution >= 4 is 35.3 Å². The first-order valence-corrected chi connectivity index (χ1v) is 29.5. The smallest absolute Gasteiger partial charge is 0.323 e. The molecule has 11 rings (SSSR count). The monoisotopic (exact) mass is 1150 g/mol. The van der Waals surface area contributed by atoms with Gasteiger partial charge in [0.2, 0.25) is 11.8 Å². The minimum Gasteiger partial charge on any atom is -0.511 e. The number of Topliss-reactive ketones (excluding diaryl/α,β-unsaturated/α-hetero) is 2. The minimum absolute atomic E-state index is 0.0203. The molecule has 24 heteroatoms. The highest BCUT2D eigenvalue weighted by Crippen LogP contribution is 2.37. The lowest BCUT2D eigenvalue weighted by Crippen LogP contribution is -2.67. The van der Waals surface area contributed by atoms with E-state index >= 15 is 0 Å². The van der Waals surface area contributed by atoms with E-state index in [0.717, 1.165) is 149 Å². The standard InChI is InChI=1S/C10H20N2O.C9H14N2O2.2C9H16N2O.C7H14N2O2.C7H14N2O.C6H12N2O2/c1-8(13)10(11)7-9-3-5-12(2)6-4-9;1-11-4-2-9(3-5-11)7(12)6-8(13)10-9;1-7(12)4-11-5-8-3-9(6-11)10(8)2;1-11-6-3-9(4-7-11)2-5-10-8(9)12;1-9-4-2-7(8,3-5-9)6(10)11;1-5(10)7-3-6(8-2)4-9-7;1-8-3-2-7-5(4-8)6(9)10/h9-10,13H,1,3-7,11H2,2H3;2-6H2,1H3,(H,10,13);8-9H,3-6H2,1-2H3;2-7H2,1H3,(H,10,12);2-5,8H2,1H3,(H,10,11);6-10H,1,3-4H2,2H3;5,7H,2-4H2,1H3,(H,9,10). The number of carbonyl (C=O) groups excluding carboxylic acids is 4. The predicted molar refractivity (Wildman–Crippen MR) is 315 cm³/mol. The zero-order valence-corrected chi connectivity index (χ0v) is 50.5. The van der Waals surface area contributed by atoms with Crippen LogP contribution in [0.1, 0.15) is 90.4 Å². The number of carbonyl (C=O) groups is 6. The van der Waals surface area contributed by atoms with Crippen molar-refractivity contribution in [3.05, 3.63) is 24.7 Å². The number of piperazine rings is 2. The summed E-state index contributed by atoms with van der Waals surface area (Å²) in [7, 11) is 14.3. The number of rotatable bonds is 9. The van der Waals surface area contributed by atoms with E-state index in [1.54, 1.807) is 6.92 Å². The molecule has 464 valence electrons. The lowest BCUT2D eigenvalue weighted by Gasteiger charge is -2.54. The Bertz CT molecular complexity index is 2040. The quantitative estimate of drug-likeness (QED) is 0.101. The molecule has 6 unspecified atom stereocenters. The van der Waals surface area contributed by atoms with Crippen molar-refractivity contribution in [2.75, 3.05) is 154 Å². The van der Waals surface area contributed by atoms with Crippen LogP contribution < -0.4 is 38.1 Å². The van der Waals surface area contributed by atoms with Crippen molar-refractivity contribution in [1.82, 2.24) is 60.9 Å². The number of carboxylic acids is 2. The van der Waals surface area contributed by atoms with Crippen molar-refractivity contribution in [3.8, 4) is 0 Å². The van der Waals surface area contributed by atoms with Gasteiger partial charge < -0.3 is 83.0 Å². The summed E-state index contributed by atoms with van der Waals surface area (Å²) in [6, 6.07) is 1.42. The Labute approximate surface area is 483 Å². The maximum atomic E-state index is 11.6. The van der Waals surface area contributed by atoms with Gasteiger partial charge in [-0.05, 0) is 165 Å². The first-order valence-electron chi connectivity index (χ1n) is 29.5. The van der Waals surface area contributed by atoms with E-state index in [1.807, 2.05) is 33.1 Å². The summed E-state index contributed by atoms with van der Waals surface area (Å²) in [5.74, 6) is -0.0152. The molecular weight excluding hydrogens is 1040 g/mol. The topological polar surface area (TPSA) is 318 Å². The second-order valence-corrected chi connectivity index (χ2v) is 24.9. The summed E-state index contributed by atoms with van der Waals surface area (Å²) in [5, 5.41) is 50.3. The molecule has 0 aliphatic carbocycles. The van der Waals surface area contributed by atoms with Crippen LogP contribution in [0.3, 0.4) is 0 Å². The number of nitrogens with two attached hydrogens (primary N) is 2. The van der Waals surface area contributed by atoms with Crippen molar-refractivity contribution in [1.29, 1.82) is 0 Å². The average molecular weight is 1150 g/mol. The molecule has 11 fully saturated rings. The Balaban J connectivity index is 0.000000204. The Morgan fingerprint density at radius 1 is 0.704 bits per heavy atom. The minimum atomic E-state index is -0.966. The third kappa shape index (κ3) is 22.1. The number of nitrogens with one attached hydrogen (secondary N) is 5. The first-order chi connectivity index (χ1) is 38.1. The van der Waals surface area contributed by atoms with E-state index in [1.165, 1.54) is 19.3 Å². The van der Waals surface area contributed by atoms with Gasteiger partial charge in [0.05, 0.1) is 30.5 Å². The Morgan fingerprint density at radius 2 is 1.25 bits per heavy atom. The van der Waals surface area contributed by atoms with E-state index in [9.17, 15) is 28.8 Å². The van der Waals surface area contributed by atoms with E-state index in [2.05, 4.69) is 90.3 Å². The predicted octanol–water partition coefficient (Wildman–Crippen LogP) is -0.684. The summed E-state index contributed by atoms with van der Waals surface area (Å²) < 4.78 is 0. The van der Waals surface area contributed by atoms with Crippen LogP contribution in [0.15, 0.2) is 24.7 Å². The number of nitrogens with zero attached hydrogens (tertiary/aromatic N) is 7. The fourth-order valence-corrected chi connectivity index (χ4v) is 12.0. The summed E-state index contributed by atoms with van der Waals surface area (Å²) in [6.45, 7) is 23.4. The largest absolute Gasteiger partial charge is 0.511 e. The van der Waals surface area contributed by atoms with E-state index in [4.69, 9.17) is 31.9 Å². The summed E-state index contributed by atoms with van der Waals surface area (Å²) in [4.78, 5) is 81.7. The summed E-state index contributed by atoms with van der Waals surface area (Å²) in [6.07, 6.45) is 11.4. The number of hydrogen-bond acceptors (Lipinski definition) is 20. The highest BCUT2D eigenvalue weighted by atomic mass is 16.4. The van der Waals surface area contributed by atoms with Crippen LogP contribution in [-0.4, -0.2) is 291 Å². The number of fused-ring (bicyclic) bond motifs is 2. The molecule has 6 atom stereocenters. The van der Waals surface area contributed by atoms with Gasteiger partial charge in [-0.15, -0.1) is 0 Å². The highest BCUT2D eigenvalue weighted by molar-refractivity contribution is 6.10. The molecule has 11 aliphatic rings. The number of piperidine rings is 5. The Hall–Kier alpha value is -4.18. The van der Waals surface area contributed by atoms with Gasteiger partial charge in [0.25, 0.3) is 0 Å². The van der Waals surface area contributed by atoms with Crippen LogP contribution in [0, 0.1) is 11.3 Å². The molecule has 24 nitrogen and oxygen atoms in total. The molecular formula is C57H106N14O10. The molecule has 2 spiro atoms. The van der Waals surface area contributed by atoms with Gasteiger partial charge in [-0.25, -0.2) is 0 Å². The molecule has 2 amide bonds. The van der Waals surface area contributed by atoms with Crippen LogP contribution in [0.5, 0.6) is 0 Å². The fraction of sp³-hybridized carbons (Fsp3) is 0.825. The number of likely N-dealkylation sites (N-methyl/N-ethyl adjacent to an activating group) is 3. The number of ketones is 2. The molecule has 13 N–H and O–H groups in total. The number of carboxylic acid groups (broad SMARTS) is 2. The van der Waals surface area contributed by atoms with Crippen LogP contribution >= 0.6 is 0 Å². The molecule has 11 saturated heterocycles. The maximum Gasteiger partial charge on any atom is 0.323 e. The molecule has 0 aromatic heterocycles. The van der Waals surface area contributed by atoms with Gasteiger partial charge in [-0.1, -0.05) is 13.2 Å². The van der Waals surface area contributed by atoms with Crippen molar-refractivity contribution in [2.24, 2.45) is 22.8 Å². The van der Waals surface area contributed by atoms with Crippen molar-refractivity contribution in [3.63, 3.8) is 0 Å². The van der Waals surface area contributed by atoms with Gasteiger partial charge in [0, 0.05) is 90.1 Å². The van der Waals surface area contributed by atoms with E-state index in [0.29, 0.717) is 49.6 Å². The Kier molecular flexibility index (Phi) is 28.0. The van der Waals surface area contributed by atoms with Crippen molar-refractivity contribution < 1.29 is 49.2 Å². The van der Waals surface area contributed by atoms with E-state index < -0.39 is 23.0 Å². The lowest BCUT2D eigenvalue weighted by molar-refractivity contribution is -0.145. The molecule has 81 heavy (non-hydrogen) atoms. The third-order valence-corrected chi connectivity index (χ3v) is 18.2. The highest BCUT2D eigenvalue weighted by Gasteiger charge is 2.47. The molecule has 0 radical (unpaired) electrons. The molecule has 0 aromatic carbocycles. The number of likely N-dealkylation sites (tertiary alicyclic amines) is 4. The SMILES string of the molecule is C=C(O)C(N)CC1CCN(C)CC1.C=C(O)C1CC(NC)CN1.CC(=O)CN1CC2CC(C1)N2C.CN1CCC(N)(C(=O)O)CC1.CN1CCC2(CC1)NC(=O)CC2=O.CN1CCC2(CCNC2=O)CC1.CN1CCNC(C(=O)O)C1. The van der Waals surface area contributed by atoms with Gasteiger partial charge in [-0.3, -0.25) is 38.6 Å². The van der Waals surface area contributed by atoms with Crippen LogP contribution in [0.4, 0.5) is 0 Å². The van der Waals surface area contributed by atoms with Crippen LogP contribution in [0.25, 0.3) is 0 Å². The number of amides is 2. The number of aliphatic hydroxyl groups is 2. The second kappa shape index (κ2) is 32.8. The molecule has 0 aromatic rings. The first kappa shape index (κ1) is 69.3. The second-order valence-electron chi connectivity index (χ2n) is 24.9. The van der Waals surface area contributed by atoms with Gasteiger partial charge in [0.1, 0.15) is 34.4 Å². The maximum absolute atomic E-state index is 11.6.